The van der Waals surface area contributed by atoms with Crippen LogP contribution in [-0.4, -0.2) is 23.0 Å². The fraction of sp³-hybridized carbons (Fsp3) is 0.333. The van der Waals surface area contributed by atoms with Gasteiger partial charge in [-0.25, -0.2) is 18.6 Å². The molecular weight excluding hydrogens is 238 g/mol. The lowest BCUT2D eigenvalue weighted by atomic mass is 10.1. The van der Waals surface area contributed by atoms with Crippen LogP contribution in [0.5, 0.6) is 0 Å². The van der Waals surface area contributed by atoms with Gasteiger partial charge in [0.25, 0.3) is 12.1 Å². The molecule has 6 nitrogen and oxygen atoms in total. The zero-order valence-corrected chi connectivity index (χ0v) is 8.94. The van der Waals surface area contributed by atoms with Crippen molar-refractivity contribution >= 4 is 11.7 Å². The predicted molar refractivity (Wildman–Crippen MR) is 51.9 cm³/mol. The van der Waals surface area contributed by atoms with E-state index in [0.717, 1.165) is 7.11 Å². The van der Waals surface area contributed by atoms with Crippen molar-refractivity contribution in [3.8, 4) is 0 Å². The molecule has 0 atom stereocenters. The number of hydrogen-bond acceptors (Lipinski definition) is 5. The molecule has 0 saturated heterocycles. The number of pyridine rings is 1. The van der Waals surface area contributed by atoms with E-state index < -0.39 is 34.4 Å². The summed E-state index contributed by atoms with van der Waals surface area (Å²) in [6.45, 7) is 1.24. The molecule has 0 aliphatic rings. The molecule has 8 heteroatoms. The third-order valence-electron chi connectivity index (χ3n) is 2.06. The van der Waals surface area contributed by atoms with Crippen molar-refractivity contribution in [2.75, 3.05) is 7.11 Å². The van der Waals surface area contributed by atoms with E-state index in [1.807, 2.05) is 0 Å². The van der Waals surface area contributed by atoms with Crippen LogP contribution in [0.1, 0.15) is 28.2 Å². The van der Waals surface area contributed by atoms with Crippen LogP contribution < -0.4 is 0 Å². The number of nitrogens with zero attached hydrogens (tertiary/aromatic N) is 2. The molecule has 1 aromatic heterocycles. The Morgan fingerprint density at radius 3 is 2.59 bits per heavy atom. The highest BCUT2D eigenvalue weighted by atomic mass is 19.3. The van der Waals surface area contributed by atoms with Crippen molar-refractivity contribution in [1.29, 1.82) is 0 Å². The molecule has 0 bridgehead atoms. The van der Waals surface area contributed by atoms with Crippen LogP contribution in [0, 0.1) is 17.0 Å². The summed E-state index contributed by atoms with van der Waals surface area (Å²) >= 11 is 0. The summed E-state index contributed by atoms with van der Waals surface area (Å²) in [7, 11) is 1.03. The maximum atomic E-state index is 12.5. The summed E-state index contributed by atoms with van der Waals surface area (Å²) in [6.07, 6.45) is -3.00. The highest BCUT2D eigenvalue weighted by Crippen LogP contribution is 2.26. The van der Waals surface area contributed by atoms with Crippen LogP contribution in [0.3, 0.4) is 0 Å². The molecule has 0 unspecified atom stereocenters. The molecule has 0 aliphatic carbocycles. The van der Waals surface area contributed by atoms with E-state index in [2.05, 4.69) is 9.72 Å². The van der Waals surface area contributed by atoms with Crippen molar-refractivity contribution in [3.63, 3.8) is 0 Å². The van der Waals surface area contributed by atoms with Gasteiger partial charge in [0.2, 0.25) is 0 Å². The summed E-state index contributed by atoms with van der Waals surface area (Å²) in [5.41, 5.74) is -2.00. The van der Waals surface area contributed by atoms with Crippen LogP contribution >= 0.6 is 0 Å². The monoisotopic (exact) mass is 246 g/mol. The van der Waals surface area contributed by atoms with Gasteiger partial charge in [-0.2, -0.15) is 0 Å². The van der Waals surface area contributed by atoms with Gasteiger partial charge in [0.05, 0.1) is 17.6 Å². The Bertz CT molecular complexity index is 476. The minimum Gasteiger partial charge on any atom is -0.464 e. The number of ether oxygens (including phenoxy) is 1. The van der Waals surface area contributed by atoms with E-state index in [9.17, 15) is 23.7 Å². The first-order valence-corrected chi connectivity index (χ1v) is 4.40. The van der Waals surface area contributed by atoms with E-state index in [4.69, 9.17) is 0 Å². The van der Waals surface area contributed by atoms with Crippen LogP contribution in [0.25, 0.3) is 0 Å². The molecule has 1 heterocycles. The Morgan fingerprint density at radius 1 is 1.59 bits per heavy atom. The van der Waals surface area contributed by atoms with Crippen molar-refractivity contribution in [2.45, 2.75) is 13.3 Å². The number of halogens is 2. The van der Waals surface area contributed by atoms with Gasteiger partial charge in [0.1, 0.15) is 5.69 Å². The number of nitro groups is 1. The summed E-state index contributed by atoms with van der Waals surface area (Å²) in [5, 5.41) is 10.6. The molecule has 0 spiro atoms. The molecule has 17 heavy (non-hydrogen) atoms. The van der Waals surface area contributed by atoms with Crippen LogP contribution in [-0.2, 0) is 4.74 Å². The maximum absolute atomic E-state index is 12.5. The molecule has 92 valence electrons. The minimum absolute atomic E-state index is 0.105. The Hall–Kier alpha value is -2.12. The molecule has 0 fully saturated rings. The first-order valence-electron chi connectivity index (χ1n) is 4.40. The maximum Gasteiger partial charge on any atom is 0.357 e. The van der Waals surface area contributed by atoms with Gasteiger partial charge in [-0.15, -0.1) is 0 Å². The second-order valence-electron chi connectivity index (χ2n) is 3.09. The molecule has 0 aliphatic heterocycles. The molecule has 0 N–H and O–H groups in total. The summed E-state index contributed by atoms with van der Waals surface area (Å²) in [5.74, 6) is -0.992. The van der Waals surface area contributed by atoms with E-state index in [1.54, 1.807) is 0 Å². The Labute approximate surface area is 94.4 Å². The van der Waals surface area contributed by atoms with E-state index in [-0.39, 0.29) is 5.56 Å². The minimum atomic E-state index is -3.00. The van der Waals surface area contributed by atoms with Crippen molar-refractivity contribution in [3.05, 3.63) is 33.1 Å². The summed E-state index contributed by atoms with van der Waals surface area (Å²) in [6, 6.07) is 0.645. The zero-order valence-electron chi connectivity index (χ0n) is 8.94. The Morgan fingerprint density at radius 2 is 2.18 bits per heavy atom. The third-order valence-corrected chi connectivity index (χ3v) is 2.06. The summed E-state index contributed by atoms with van der Waals surface area (Å²) in [4.78, 5) is 24.4. The van der Waals surface area contributed by atoms with Crippen LogP contribution in [0.15, 0.2) is 6.07 Å². The first-order chi connectivity index (χ1) is 7.88. The number of methoxy groups -OCH3 is 1. The van der Waals surface area contributed by atoms with E-state index in [0.29, 0.717) is 6.07 Å². The fourth-order valence-electron chi connectivity index (χ4n) is 1.21. The number of carbonyl (C=O) groups excluding carboxylic acids is 1. The average Bonchev–Trinajstić information content (AvgIpc) is 2.27. The zero-order chi connectivity index (χ0) is 13.2. The lowest BCUT2D eigenvalue weighted by Crippen LogP contribution is -2.11. The average molecular weight is 246 g/mol. The lowest BCUT2D eigenvalue weighted by molar-refractivity contribution is -0.385. The second-order valence-corrected chi connectivity index (χ2v) is 3.09. The quantitative estimate of drug-likeness (QED) is 0.463. The van der Waals surface area contributed by atoms with Gasteiger partial charge in [0.15, 0.2) is 5.69 Å². The number of aromatic nitrogens is 1. The number of alkyl halides is 2. The normalized spacial score (nSPS) is 10.4. The lowest BCUT2D eigenvalue weighted by Gasteiger charge is -2.06. The fourth-order valence-corrected chi connectivity index (χ4v) is 1.21. The van der Waals surface area contributed by atoms with Gasteiger partial charge in [-0.1, -0.05) is 0 Å². The molecule has 0 saturated carbocycles. The predicted octanol–water partition coefficient (Wildman–Crippen LogP) is 2.02. The summed E-state index contributed by atoms with van der Waals surface area (Å²) < 4.78 is 29.2. The van der Waals surface area contributed by atoms with Crippen molar-refractivity contribution < 1.29 is 23.2 Å². The highest BCUT2D eigenvalue weighted by Gasteiger charge is 2.25. The van der Waals surface area contributed by atoms with Crippen molar-refractivity contribution in [1.82, 2.24) is 4.98 Å². The smallest absolute Gasteiger partial charge is 0.357 e. The first kappa shape index (κ1) is 12.9. The van der Waals surface area contributed by atoms with Crippen LogP contribution in [0.4, 0.5) is 14.5 Å². The van der Waals surface area contributed by atoms with Gasteiger partial charge in [-0.3, -0.25) is 10.1 Å². The number of carbonyl (C=O) groups is 1. The Balaban J connectivity index is 3.48. The van der Waals surface area contributed by atoms with Gasteiger partial charge < -0.3 is 4.74 Å². The largest absolute Gasteiger partial charge is 0.464 e. The number of hydrogen-bond donors (Lipinski definition) is 0. The molecule has 1 rings (SSSR count). The molecule has 0 radical (unpaired) electrons. The molecule has 1 aromatic rings. The number of rotatable bonds is 3. The number of esters is 1. The molecule has 0 amide bonds. The topological polar surface area (TPSA) is 82.3 Å². The van der Waals surface area contributed by atoms with E-state index >= 15 is 0 Å². The van der Waals surface area contributed by atoms with Gasteiger partial charge in [0, 0.05) is 6.07 Å². The molecule has 0 aromatic carbocycles. The SMILES string of the molecule is COC(=O)c1nc(C(F)F)cc([N+](=O)[O-])c1C. The third kappa shape index (κ3) is 2.52. The van der Waals surface area contributed by atoms with Crippen molar-refractivity contribution in [2.24, 2.45) is 0 Å². The van der Waals surface area contributed by atoms with E-state index in [1.165, 1.54) is 6.92 Å². The standard InChI is InChI=1S/C9H8F2N2O4/c1-4-6(13(15)16)3-5(8(10)11)12-7(4)9(14)17-2/h3,8H,1-2H3. The van der Waals surface area contributed by atoms with Crippen LogP contribution in [0.2, 0.25) is 0 Å². The van der Waals surface area contributed by atoms with Gasteiger partial charge >= 0.3 is 5.97 Å². The van der Waals surface area contributed by atoms with Gasteiger partial charge in [-0.05, 0) is 6.92 Å². The Kier molecular flexibility index (Phi) is 3.66. The highest BCUT2D eigenvalue weighted by molar-refractivity contribution is 5.90. The molecular formula is C9H8F2N2O4. The second kappa shape index (κ2) is 4.81.